The van der Waals surface area contributed by atoms with Gasteiger partial charge >= 0.3 is 11.9 Å². The second-order valence-corrected chi connectivity index (χ2v) is 14.4. The van der Waals surface area contributed by atoms with Crippen molar-refractivity contribution in [1.82, 2.24) is 9.55 Å². The SMILES string of the molecule is CO[C@]12CC[C@](C)(O1)[C@@H](OC(=O)/C=C/c1cn(C)cn1)C[C@@H]1[C@H](/C=C\2CO[C@@H]2OC[C@@H](O)[C@@H](O)[C@@H]2OC(C)=O)[C@@H](C(C)C)CC[C@@H]1C. The molecular formula is C35H52N2O10. The van der Waals surface area contributed by atoms with E-state index in [0.29, 0.717) is 42.7 Å². The molecule has 0 aromatic carbocycles. The van der Waals surface area contributed by atoms with Crippen molar-refractivity contribution in [2.24, 2.45) is 36.6 Å². The maximum absolute atomic E-state index is 13.3. The molecule has 1 aromatic heterocycles. The van der Waals surface area contributed by atoms with Gasteiger partial charge in [0, 0.05) is 45.3 Å². The van der Waals surface area contributed by atoms with Gasteiger partial charge in [-0.05, 0) is 61.9 Å². The molecule has 2 N–H and O–H groups in total. The third-order valence-corrected chi connectivity index (χ3v) is 10.8. The van der Waals surface area contributed by atoms with E-state index in [4.69, 9.17) is 28.4 Å². The number of aryl methyl sites for hydroxylation is 1. The highest BCUT2D eigenvalue weighted by Crippen LogP contribution is 2.53. The Morgan fingerprint density at radius 2 is 1.98 bits per heavy atom. The summed E-state index contributed by atoms with van der Waals surface area (Å²) in [6.07, 6.45) is 7.18. The second kappa shape index (κ2) is 14.5. The van der Waals surface area contributed by atoms with Crippen molar-refractivity contribution in [2.75, 3.05) is 20.3 Å². The van der Waals surface area contributed by atoms with Gasteiger partial charge in [-0.1, -0.05) is 33.3 Å². The van der Waals surface area contributed by atoms with Crippen LogP contribution in [0.25, 0.3) is 6.08 Å². The molecule has 11 atom stereocenters. The Hall–Kier alpha value is -2.61. The molecule has 1 saturated carbocycles. The van der Waals surface area contributed by atoms with Gasteiger partial charge in [0.1, 0.15) is 23.9 Å². The topological polar surface area (TPSA) is 148 Å². The van der Waals surface area contributed by atoms with E-state index in [-0.39, 0.29) is 25.0 Å². The van der Waals surface area contributed by atoms with Crippen LogP contribution in [0.4, 0.5) is 0 Å². The fraction of sp³-hybridized carbons (Fsp3) is 0.743. The normalized spacial score (nSPS) is 40.2. The molecule has 0 unspecified atom stereocenters. The lowest BCUT2D eigenvalue weighted by molar-refractivity contribution is -0.278. The lowest BCUT2D eigenvalue weighted by atomic mass is 9.61. The summed E-state index contributed by atoms with van der Waals surface area (Å²) in [6.45, 7) is 9.82. The predicted octanol–water partition coefficient (Wildman–Crippen LogP) is 3.55. The van der Waals surface area contributed by atoms with Gasteiger partial charge in [-0.25, -0.2) is 9.78 Å². The van der Waals surface area contributed by atoms with Gasteiger partial charge in [-0.2, -0.15) is 0 Å². The number of allylic oxidation sites excluding steroid dienone is 1. The monoisotopic (exact) mass is 660 g/mol. The predicted molar refractivity (Wildman–Crippen MR) is 170 cm³/mol. The largest absolute Gasteiger partial charge is 0.456 e. The fourth-order valence-corrected chi connectivity index (χ4v) is 8.03. The fourth-order valence-electron chi connectivity index (χ4n) is 8.03. The molecule has 2 saturated heterocycles. The minimum Gasteiger partial charge on any atom is -0.456 e. The number of aromatic nitrogens is 2. The van der Waals surface area contributed by atoms with Crippen LogP contribution in [0.1, 0.15) is 72.4 Å². The molecule has 4 aliphatic rings. The Labute approximate surface area is 277 Å². The van der Waals surface area contributed by atoms with Crippen molar-refractivity contribution in [3.8, 4) is 0 Å². The van der Waals surface area contributed by atoms with Crippen LogP contribution in [-0.2, 0) is 45.1 Å². The highest BCUT2D eigenvalue weighted by molar-refractivity contribution is 5.86. The number of hydrogen-bond donors (Lipinski definition) is 2. The number of nitrogens with zero attached hydrogens (tertiary/aromatic N) is 2. The zero-order valence-corrected chi connectivity index (χ0v) is 28.7. The van der Waals surface area contributed by atoms with Crippen molar-refractivity contribution in [3.63, 3.8) is 0 Å². The number of methoxy groups -OCH3 is 1. The third-order valence-electron chi connectivity index (χ3n) is 10.8. The van der Waals surface area contributed by atoms with Crippen LogP contribution in [0.3, 0.4) is 0 Å². The summed E-state index contributed by atoms with van der Waals surface area (Å²) in [7, 11) is 3.47. The number of fused-ring (bicyclic) bond motifs is 3. The molecule has 47 heavy (non-hydrogen) atoms. The number of carbonyl (C=O) groups excluding carboxylic acids is 2. The van der Waals surface area contributed by atoms with E-state index in [1.165, 1.54) is 13.0 Å². The molecule has 4 heterocycles. The molecular weight excluding hydrogens is 608 g/mol. The summed E-state index contributed by atoms with van der Waals surface area (Å²) in [5.74, 6) is -0.826. The number of aliphatic hydroxyl groups excluding tert-OH is 2. The Balaban J connectivity index is 1.48. The van der Waals surface area contributed by atoms with Crippen LogP contribution in [0.15, 0.2) is 30.2 Å². The molecule has 0 spiro atoms. The first-order valence-electron chi connectivity index (χ1n) is 16.8. The van der Waals surface area contributed by atoms with E-state index in [1.807, 2.05) is 24.7 Å². The van der Waals surface area contributed by atoms with E-state index in [9.17, 15) is 19.8 Å². The van der Waals surface area contributed by atoms with Crippen molar-refractivity contribution in [1.29, 1.82) is 0 Å². The quantitative estimate of drug-likeness (QED) is 0.228. The van der Waals surface area contributed by atoms with Crippen molar-refractivity contribution in [3.05, 3.63) is 35.9 Å². The van der Waals surface area contributed by atoms with Gasteiger partial charge in [-0.15, -0.1) is 0 Å². The van der Waals surface area contributed by atoms with Crippen LogP contribution in [0, 0.1) is 29.6 Å². The summed E-state index contributed by atoms with van der Waals surface area (Å²) in [4.78, 5) is 29.4. The van der Waals surface area contributed by atoms with Crippen LogP contribution < -0.4 is 0 Å². The number of hydrogen-bond acceptors (Lipinski definition) is 11. The summed E-state index contributed by atoms with van der Waals surface area (Å²) in [6, 6.07) is 0. The van der Waals surface area contributed by atoms with Gasteiger partial charge in [0.2, 0.25) is 0 Å². The maximum Gasteiger partial charge on any atom is 0.331 e. The van der Waals surface area contributed by atoms with Gasteiger partial charge < -0.3 is 43.2 Å². The van der Waals surface area contributed by atoms with Crippen LogP contribution >= 0.6 is 0 Å². The van der Waals surface area contributed by atoms with Crippen LogP contribution in [-0.4, -0.2) is 94.1 Å². The molecule has 5 rings (SSSR count). The second-order valence-electron chi connectivity index (χ2n) is 14.4. The number of aliphatic hydroxyl groups is 2. The van der Waals surface area contributed by atoms with Gasteiger partial charge in [-0.3, -0.25) is 4.79 Å². The average Bonchev–Trinajstić information content (AvgIpc) is 3.61. The molecule has 2 bridgehead atoms. The number of esters is 2. The summed E-state index contributed by atoms with van der Waals surface area (Å²) >= 11 is 0. The smallest absolute Gasteiger partial charge is 0.331 e. The Bertz CT molecular complexity index is 1330. The summed E-state index contributed by atoms with van der Waals surface area (Å²) < 4.78 is 38.5. The molecule has 0 amide bonds. The highest BCUT2D eigenvalue weighted by Gasteiger charge is 2.57. The molecule has 3 aliphatic heterocycles. The summed E-state index contributed by atoms with van der Waals surface area (Å²) in [5.41, 5.74) is 0.576. The number of ether oxygens (including phenoxy) is 6. The molecule has 12 nitrogen and oxygen atoms in total. The van der Waals surface area contributed by atoms with Crippen LogP contribution in [0.5, 0.6) is 0 Å². The Morgan fingerprint density at radius 1 is 1.21 bits per heavy atom. The Kier molecular flexibility index (Phi) is 11.0. The third kappa shape index (κ3) is 7.68. The summed E-state index contributed by atoms with van der Waals surface area (Å²) in [5, 5.41) is 20.8. The molecule has 262 valence electrons. The minimum atomic E-state index is -1.37. The lowest BCUT2D eigenvalue weighted by Crippen LogP contribution is -2.55. The van der Waals surface area contributed by atoms with E-state index in [0.717, 1.165) is 18.4 Å². The molecule has 0 radical (unpaired) electrons. The molecule has 12 heteroatoms. The zero-order valence-electron chi connectivity index (χ0n) is 28.7. The first-order chi connectivity index (χ1) is 22.2. The first-order valence-corrected chi connectivity index (χ1v) is 16.8. The number of carbonyl (C=O) groups is 2. The van der Waals surface area contributed by atoms with Crippen molar-refractivity contribution in [2.45, 2.75) is 109 Å². The van der Waals surface area contributed by atoms with Crippen molar-refractivity contribution < 1.29 is 48.2 Å². The van der Waals surface area contributed by atoms with Crippen molar-refractivity contribution >= 4 is 18.0 Å². The Morgan fingerprint density at radius 3 is 2.64 bits per heavy atom. The highest BCUT2D eigenvalue weighted by atomic mass is 16.7. The zero-order chi connectivity index (χ0) is 34.1. The number of imidazole rings is 1. The van der Waals surface area contributed by atoms with Gasteiger partial charge in [0.05, 0.1) is 25.2 Å². The van der Waals surface area contributed by atoms with Gasteiger partial charge in [0.15, 0.2) is 18.2 Å². The van der Waals surface area contributed by atoms with E-state index in [1.54, 1.807) is 19.5 Å². The van der Waals surface area contributed by atoms with E-state index in [2.05, 4.69) is 31.8 Å². The van der Waals surface area contributed by atoms with E-state index >= 15 is 0 Å². The maximum atomic E-state index is 13.3. The minimum absolute atomic E-state index is 0.00878. The molecule has 3 fully saturated rings. The average molecular weight is 661 g/mol. The lowest BCUT2D eigenvalue weighted by Gasteiger charge is -2.45. The molecule has 1 aromatic rings. The first kappa shape index (κ1) is 35.7. The number of rotatable bonds is 9. The van der Waals surface area contributed by atoms with Crippen LogP contribution in [0.2, 0.25) is 0 Å². The molecule has 1 aliphatic carbocycles. The standard InChI is InChI=1S/C35H52N2O10/c1-20(2)25-10-8-21(3)26-15-29(46-30(40)11-9-24-16-37(6)19-36-24)34(5)12-13-35(42-7,47-34)23(14-27(25)26)17-43-33-32(45-22(4)38)31(41)28(39)18-44-33/h9,11,14,16,19-21,25-29,31-33,39,41H,8,10,12-13,15,17-18H2,1-7H3/b11-9+,23-14-/t21-,25+,26-,27+,28+,29-,31+,32-,33+,34-,35+/m0/s1. The van der Waals surface area contributed by atoms with E-state index < -0.39 is 54.0 Å². The van der Waals surface area contributed by atoms with Gasteiger partial charge in [0.25, 0.3) is 0 Å².